The van der Waals surface area contributed by atoms with Crippen molar-refractivity contribution < 1.29 is 14.3 Å². The molecule has 0 aliphatic rings. The van der Waals surface area contributed by atoms with Crippen LogP contribution in [0.15, 0.2) is 42.5 Å². The normalized spacial score (nSPS) is 10.6. The third kappa shape index (κ3) is 5.44. The second-order valence-electron chi connectivity index (χ2n) is 7.35. The molecule has 0 saturated heterocycles. The van der Waals surface area contributed by atoms with Gasteiger partial charge in [0.15, 0.2) is 6.61 Å². The number of nitrogens with one attached hydrogen (secondary N) is 2. The summed E-state index contributed by atoms with van der Waals surface area (Å²) in [5, 5.41) is 5.08. The van der Waals surface area contributed by atoms with Crippen molar-refractivity contribution in [2.45, 2.75) is 34.2 Å². The molecule has 162 valence electrons. The van der Waals surface area contributed by atoms with Crippen molar-refractivity contribution in [2.24, 2.45) is 0 Å². The highest BCUT2D eigenvalue weighted by atomic mass is 35.5. The molecule has 0 radical (unpaired) electrons. The standard InChI is InChI=1S/C23H25ClN4O3/c1-14-9-10-15(2)20(11-14)31-13-21(29)25-26-23(30)22-16(3)27-28(17(22)4)12-18-7-5-6-8-19(18)24/h5-11H,12-13H2,1-4H3,(H,25,29)(H,26,30). The van der Waals surface area contributed by atoms with E-state index in [-0.39, 0.29) is 6.61 Å². The van der Waals surface area contributed by atoms with Crippen molar-refractivity contribution in [3.05, 3.63) is 81.1 Å². The highest BCUT2D eigenvalue weighted by Crippen LogP contribution is 2.20. The number of aromatic nitrogens is 2. The molecule has 0 fully saturated rings. The predicted molar refractivity (Wildman–Crippen MR) is 119 cm³/mol. The number of benzene rings is 2. The number of carbonyl (C=O) groups is 2. The van der Waals surface area contributed by atoms with E-state index < -0.39 is 11.8 Å². The molecule has 0 saturated carbocycles. The Hall–Kier alpha value is -3.32. The minimum absolute atomic E-state index is 0.214. The van der Waals surface area contributed by atoms with E-state index in [0.29, 0.717) is 34.3 Å². The number of carbonyl (C=O) groups excluding carboxylic acids is 2. The van der Waals surface area contributed by atoms with Crippen LogP contribution in [0.1, 0.15) is 38.4 Å². The second-order valence-corrected chi connectivity index (χ2v) is 7.76. The molecule has 1 heterocycles. The minimum Gasteiger partial charge on any atom is -0.483 e. The Morgan fingerprint density at radius 1 is 1.06 bits per heavy atom. The average molecular weight is 441 g/mol. The Kier molecular flexibility index (Phi) is 6.97. The van der Waals surface area contributed by atoms with Crippen LogP contribution in [0.2, 0.25) is 5.02 Å². The molecule has 3 rings (SSSR count). The van der Waals surface area contributed by atoms with Gasteiger partial charge >= 0.3 is 0 Å². The predicted octanol–water partition coefficient (Wildman–Crippen LogP) is 3.66. The number of halogens is 1. The summed E-state index contributed by atoms with van der Waals surface area (Å²) >= 11 is 6.23. The van der Waals surface area contributed by atoms with Crippen LogP contribution < -0.4 is 15.6 Å². The van der Waals surface area contributed by atoms with Crippen LogP contribution >= 0.6 is 11.6 Å². The van der Waals surface area contributed by atoms with Gasteiger partial charge in [0.2, 0.25) is 0 Å². The number of nitrogens with zero attached hydrogens (tertiary/aromatic N) is 2. The molecule has 8 heteroatoms. The van der Waals surface area contributed by atoms with Crippen LogP contribution in [-0.2, 0) is 11.3 Å². The smallest absolute Gasteiger partial charge is 0.276 e. The Morgan fingerprint density at radius 3 is 2.55 bits per heavy atom. The van der Waals surface area contributed by atoms with E-state index in [1.807, 2.05) is 56.3 Å². The van der Waals surface area contributed by atoms with Gasteiger partial charge in [-0.2, -0.15) is 5.10 Å². The summed E-state index contributed by atoms with van der Waals surface area (Å²) in [7, 11) is 0. The molecular formula is C23H25ClN4O3. The maximum absolute atomic E-state index is 12.7. The van der Waals surface area contributed by atoms with E-state index in [1.54, 1.807) is 18.5 Å². The lowest BCUT2D eigenvalue weighted by Crippen LogP contribution is -2.44. The van der Waals surface area contributed by atoms with Gasteiger partial charge in [-0.25, -0.2) is 0 Å². The first-order valence-corrected chi connectivity index (χ1v) is 10.2. The summed E-state index contributed by atoms with van der Waals surface area (Å²) in [5.74, 6) is -0.275. The van der Waals surface area contributed by atoms with Crippen LogP contribution in [0.4, 0.5) is 0 Å². The number of rotatable bonds is 6. The summed E-state index contributed by atoms with van der Waals surface area (Å²) in [6.07, 6.45) is 0. The van der Waals surface area contributed by atoms with Gasteiger partial charge in [0.05, 0.1) is 17.8 Å². The maximum atomic E-state index is 12.7. The zero-order valence-corrected chi connectivity index (χ0v) is 18.7. The Labute approximate surface area is 186 Å². The summed E-state index contributed by atoms with van der Waals surface area (Å²) < 4.78 is 7.27. The third-order valence-electron chi connectivity index (χ3n) is 4.90. The van der Waals surface area contributed by atoms with Crippen LogP contribution in [0.25, 0.3) is 0 Å². The van der Waals surface area contributed by atoms with Gasteiger partial charge in [-0.1, -0.05) is 41.9 Å². The minimum atomic E-state index is -0.465. The summed E-state index contributed by atoms with van der Waals surface area (Å²) in [6, 6.07) is 13.2. The molecular weight excluding hydrogens is 416 g/mol. The number of hydrogen-bond donors (Lipinski definition) is 2. The highest BCUT2D eigenvalue weighted by Gasteiger charge is 2.19. The number of hydrogen-bond acceptors (Lipinski definition) is 4. The van der Waals surface area contributed by atoms with Gasteiger partial charge < -0.3 is 4.74 Å². The number of amides is 2. The number of ether oxygens (including phenoxy) is 1. The lowest BCUT2D eigenvalue weighted by molar-refractivity contribution is -0.123. The first-order chi connectivity index (χ1) is 14.8. The van der Waals surface area contributed by atoms with Gasteiger partial charge in [0, 0.05) is 10.7 Å². The largest absolute Gasteiger partial charge is 0.483 e. The molecule has 3 aromatic rings. The molecule has 2 N–H and O–H groups in total. The van der Waals surface area contributed by atoms with E-state index >= 15 is 0 Å². The lowest BCUT2D eigenvalue weighted by Gasteiger charge is -2.11. The molecule has 0 aliphatic carbocycles. The van der Waals surface area contributed by atoms with Crippen molar-refractivity contribution in [3.8, 4) is 5.75 Å². The Balaban J connectivity index is 1.60. The number of aryl methyl sites for hydroxylation is 3. The van der Waals surface area contributed by atoms with E-state index in [4.69, 9.17) is 16.3 Å². The molecule has 0 aliphatic heterocycles. The average Bonchev–Trinajstić information content (AvgIpc) is 3.01. The zero-order valence-electron chi connectivity index (χ0n) is 18.0. The molecule has 1 aromatic heterocycles. The van der Waals surface area contributed by atoms with E-state index in [9.17, 15) is 9.59 Å². The van der Waals surface area contributed by atoms with Crippen molar-refractivity contribution >= 4 is 23.4 Å². The summed E-state index contributed by atoms with van der Waals surface area (Å²) in [4.78, 5) is 24.8. The Bertz CT molecular complexity index is 1120. The third-order valence-corrected chi connectivity index (χ3v) is 5.27. The van der Waals surface area contributed by atoms with Gasteiger partial charge in [-0.15, -0.1) is 0 Å². The quantitative estimate of drug-likeness (QED) is 0.573. The van der Waals surface area contributed by atoms with Gasteiger partial charge in [-0.05, 0) is 56.5 Å². The fraction of sp³-hybridized carbons (Fsp3) is 0.261. The highest BCUT2D eigenvalue weighted by molar-refractivity contribution is 6.31. The van der Waals surface area contributed by atoms with E-state index in [1.165, 1.54) is 0 Å². The van der Waals surface area contributed by atoms with Crippen LogP contribution in [0.5, 0.6) is 5.75 Å². The molecule has 7 nitrogen and oxygen atoms in total. The lowest BCUT2D eigenvalue weighted by atomic mass is 10.1. The molecule has 0 spiro atoms. The Morgan fingerprint density at radius 2 is 1.81 bits per heavy atom. The molecule has 2 amide bonds. The zero-order chi connectivity index (χ0) is 22.5. The van der Waals surface area contributed by atoms with Crippen LogP contribution in [0.3, 0.4) is 0 Å². The number of hydrazine groups is 1. The van der Waals surface area contributed by atoms with Crippen molar-refractivity contribution in [1.29, 1.82) is 0 Å². The van der Waals surface area contributed by atoms with Crippen LogP contribution in [-0.4, -0.2) is 28.2 Å². The van der Waals surface area contributed by atoms with Crippen molar-refractivity contribution in [3.63, 3.8) is 0 Å². The monoisotopic (exact) mass is 440 g/mol. The van der Waals surface area contributed by atoms with Gasteiger partial charge in [0.25, 0.3) is 11.8 Å². The maximum Gasteiger partial charge on any atom is 0.276 e. The van der Waals surface area contributed by atoms with Crippen LogP contribution in [0, 0.1) is 27.7 Å². The van der Waals surface area contributed by atoms with Crippen molar-refractivity contribution in [2.75, 3.05) is 6.61 Å². The SMILES string of the molecule is Cc1ccc(C)c(OCC(=O)NNC(=O)c2c(C)nn(Cc3ccccc3Cl)c2C)c1. The molecule has 0 bridgehead atoms. The van der Waals surface area contributed by atoms with Gasteiger partial charge in [-0.3, -0.25) is 25.1 Å². The van der Waals surface area contributed by atoms with E-state index in [0.717, 1.165) is 16.7 Å². The fourth-order valence-electron chi connectivity index (χ4n) is 3.20. The summed E-state index contributed by atoms with van der Waals surface area (Å²) in [5.41, 5.74) is 9.33. The van der Waals surface area contributed by atoms with Gasteiger partial charge in [0.1, 0.15) is 5.75 Å². The first-order valence-electron chi connectivity index (χ1n) is 9.83. The summed E-state index contributed by atoms with van der Waals surface area (Å²) in [6.45, 7) is 7.63. The first kappa shape index (κ1) is 22.4. The topological polar surface area (TPSA) is 85.2 Å². The molecule has 2 aromatic carbocycles. The second kappa shape index (κ2) is 9.66. The molecule has 0 unspecified atom stereocenters. The molecule has 31 heavy (non-hydrogen) atoms. The fourth-order valence-corrected chi connectivity index (χ4v) is 3.39. The molecule has 0 atom stereocenters. The van der Waals surface area contributed by atoms with Crippen molar-refractivity contribution in [1.82, 2.24) is 20.6 Å². The van der Waals surface area contributed by atoms with E-state index in [2.05, 4.69) is 16.0 Å².